The van der Waals surface area contributed by atoms with Gasteiger partial charge in [0.25, 0.3) is 0 Å². The Balaban J connectivity index is 2.39. The molecule has 0 heterocycles. The molecule has 2 aromatic carbocycles. The van der Waals surface area contributed by atoms with Gasteiger partial charge >= 0.3 is 0 Å². The number of carbonyl (C=O) groups excluding carboxylic acids is 2. The van der Waals surface area contributed by atoms with E-state index >= 15 is 0 Å². The minimum Gasteiger partial charge on any atom is -0.449 e. The van der Waals surface area contributed by atoms with Crippen LogP contribution < -0.4 is 10.1 Å². The number of aldehydes is 1. The average Bonchev–Trinajstić information content (AvgIpc) is 2.43. The summed E-state index contributed by atoms with van der Waals surface area (Å²) in [6.45, 7) is 1.30. The molecular formula is C15H11F2NO3. The van der Waals surface area contributed by atoms with Gasteiger partial charge in [0.15, 0.2) is 23.1 Å². The van der Waals surface area contributed by atoms with Crippen LogP contribution in [0, 0.1) is 11.6 Å². The van der Waals surface area contributed by atoms with Gasteiger partial charge in [0.05, 0.1) is 5.69 Å². The quantitative estimate of drug-likeness (QED) is 0.877. The van der Waals surface area contributed by atoms with E-state index in [0.717, 1.165) is 12.1 Å². The normalized spacial score (nSPS) is 10.0. The van der Waals surface area contributed by atoms with Crippen molar-refractivity contribution in [2.24, 2.45) is 0 Å². The summed E-state index contributed by atoms with van der Waals surface area (Å²) in [5, 5.41) is 2.49. The fourth-order valence-corrected chi connectivity index (χ4v) is 1.70. The van der Waals surface area contributed by atoms with Crippen LogP contribution in [0.15, 0.2) is 36.4 Å². The van der Waals surface area contributed by atoms with E-state index in [2.05, 4.69) is 5.32 Å². The lowest BCUT2D eigenvalue weighted by molar-refractivity contribution is -0.114. The summed E-state index contributed by atoms with van der Waals surface area (Å²) in [6.07, 6.45) is 0.335. The molecule has 0 spiro atoms. The van der Waals surface area contributed by atoms with Crippen LogP contribution in [-0.4, -0.2) is 12.2 Å². The van der Waals surface area contributed by atoms with Crippen molar-refractivity contribution < 1.29 is 23.1 Å². The molecule has 0 saturated carbocycles. The third-order valence-electron chi connectivity index (χ3n) is 2.57. The summed E-state index contributed by atoms with van der Waals surface area (Å²) in [5.74, 6) is -2.91. The van der Waals surface area contributed by atoms with E-state index in [4.69, 9.17) is 4.74 Å². The number of nitrogens with one attached hydrogen (secondary N) is 1. The Bertz CT molecular complexity index is 678. The fourth-order valence-electron chi connectivity index (χ4n) is 1.70. The molecule has 4 nitrogen and oxygen atoms in total. The standard InChI is InChI=1S/C15H11F2NO3/c1-9(20)18-13-4-2-3-5-14(13)21-15-11(16)6-10(8-19)7-12(15)17/h2-8H,1H3,(H,18,20). The number of hydrogen-bond donors (Lipinski definition) is 1. The Hall–Kier alpha value is -2.76. The molecule has 1 N–H and O–H groups in total. The number of rotatable bonds is 4. The smallest absolute Gasteiger partial charge is 0.221 e. The van der Waals surface area contributed by atoms with E-state index in [1.807, 2.05) is 0 Å². The predicted molar refractivity (Wildman–Crippen MR) is 72.6 cm³/mol. The monoisotopic (exact) mass is 291 g/mol. The number of benzene rings is 2. The lowest BCUT2D eigenvalue weighted by atomic mass is 10.2. The van der Waals surface area contributed by atoms with Crippen molar-refractivity contribution in [1.29, 1.82) is 0 Å². The zero-order valence-electron chi connectivity index (χ0n) is 11.0. The van der Waals surface area contributed by atoms with E-state index in [9.17, 15) is 18.4 Å². The minimum atomic E-state index is -1.00. The van der Waals surface area contributed by atoms with E-state index in [1.165, 1.54) is 19.1 Å². The maximum absolute atomic E-state index is 13.8. The fraction of sp³-hybridized carbons (Fsp3) is 0.0667. The van der Waals surface area contributed by atoms with Gasteiger partial charge in [0, 0.05) is 12.5 Å². The second-order valence-electron chi connectivity index (χ2n) is 4.21. The first kappa shape index (κ1) is 14.6. The Kier molecular flexibility index (Phi) is 4.27. The lowest BCUT2D eigenvalue weighted by Crippen LogP contribution is -2.07. The predicted octanol–water partition coefficient (Wildman–Crippen LogP) is 3.53. The molecule has 21 heavy (non-hydrogen) atoms. The van der Waals surface area contributed by atoms with Gasteiger partial charge in [-0.1, -0.05) is 12.1 Å². The second-order valence-corrected chi connectivity index (χ2v) is 4.21. The van der Waals surface area contributed by atoms with Crippen molar-refractivity contribution in [1.82, 2.24) is 0 Å². The lowest BCUT2D eigenvalue weighted by Gasteiger charge is -2.12. The number of hydrogen-bond acceptors (Lipinski definition) is 3. The van der Waals surface area contributed by atoms with Crippen molar-refractivity contribution in [2.75, 3.05) is 5.32 Å². The van der Waals surface area contributed by atoms with Crippen LogP contribution in [0.3, 0.4) is 0 Å². The summed E-state index contributed by atoms with van der Waals surface area (Å²) < 4.78 is 32.7. The number of para-hydroxylation sites is 2. The number of ether oxygens (including phenoxy) is 1. The molecular weight excluding hydrogens is 280 g/mol. The first-order valence-electron chi connectivity index (χ1n) is 6.00. The third-order valence-corrected chi connectivity index (χ3v) is 2.57. The Morgan fingerprint density at radius 2 is 1.81 bits per heavy atom. The largest absolute Gasteiger partial charge is 0.449 e. The summed E-state index contributed by atoms with van der Waals surface area (Å²) in [6, 6.07) is 7.96. The first-order chi connectivity index (χ1) is 10.0. The highest BCUT2D eigenvalue weighted by Crippen LogP contribution is 2.33. The molecule has 0 fully saturated rings. The van der Waals surface area contributed by atoms with Crippen LogP contribution in [0.25, 0.3) is 0 Å². The Morgan fingerprint density at radius 3 is 2.38 bits per heavy atom. The summed E-state index contributed by atoms with van der Waals surface area (Å²) in [5.41, 5.74) is 0.149. The van der Waals surface area contributed by atoms with Gasteiger partial charge in [-0.15, -0.1) is 0 Å². The minimum absolute atomic E-state index is 0.0874. The van der Waals surface area contributed by atoms with Crippen LogP contribution in [0.4, 0.5) is 14.5 Å². The molecule has 2 rings (SSSR count). The molecule has 0 saturated heterocycles. The van der Waals surface area contributed by atoms with Gasteiger partial charge in [-0.2, -0.15) is 0 Å². The Labute approximate surface area is 119 Å². The van der Waals surface area contributed by atoms with Crippen molar-refractivity contribution in [3.63, 3.8) is 0 Å². The van der Waals surface area contributed by atoms with Crippen molar-refractivity contribution in [3.05, 3.63) is 53.6 Å². The molecule has 0 aliphatic heterocycles. The topological polar surface area (TPSA) is 55.4 Å². The molecule has 0 aliphatic carbocycles. The van der Waals surface area contributed by atoms with Gasteiger partial charge in [-0.3, -0.25) is 9.59 Å². The highest BCUT2D eigenvalue weighted by atomic mass is 19.1. The van der Waals surface area contributed by atoms with Crippen LogP contribution in [0.1, 0.15) is 17.3 Å². The van der Waals surface area contributed by atoms with Crippen LogP contribution in [0.2, 0.25) is 0 Å². The molecule has 0 bridgehead atoms. The molecule has 0 unspecified atom stereocenters. The van der Waals surface area contributed by atoms with Gasteiger partial charge in [0.1, 0.15) is 6.29 Å². The summed E-state index contributed by atoms with van der Waals surface area (Å²) >= 11 is 0. The Morgan fingerprint density at radius 1 is 1.19 bits per heavy atom. The molecule has 2 aromatic rings. The maximum atomic E-state index is 13.8. The van der Waals surface area contributed by atoms with E-state index < -0.39 is 17.4 Å². The third kappa shape index (κ3) is 3.42. The molecule has 0 aromatic heterocycles. The number of carbonyl (C=O) groups is 2. The van der Waals surface area contributed by atoms with Crippen LogP contribution in [0.5, 0.6) is 11.5 Å². The summed E-state index contributed by atoms with van der Waals surface area (Å²) in [7, 11) is 0. The molecule has 108 valence electrons. The zero-order valence-corrected chi connectivity index (χ0v) is 11.0. The van der Waals surface area contributed by atoms with E-state index in [0.29, 0.717) is 6.29 Å². The highest BCUT2D eigenvalue weighted by molar-refractivity contribution is 5.90. The highest BCUT2D eigenvalue weighted by Gasteiger charge is 2.15. The van der Waals surface area contributed by atoms with Crippen molar-refractivity contribution >= 4 is 17.9 Å². The molecule has 0 atom stereocenters. The zero-order chi connectivity index (χ0) is 15.4. The number of amides is 1. The molecule has 0 radical (unpaired) electrons. The van der Waals surface area contributed by atoms with Crippen molar-refractivity contribution in [2.45, 2.75) is 6.92 Å². The van der Waals surface area contributed by atoms with Crippen LogP contribution in [-0.2, 0) is 4.79 Å². The van der Waals surface area contributed by atoms with E-state index in [-0.39, 0.29) is 22.9 Å². The number of halogens is 2. The maximum Gasteiger partial charge on any atom is 0.221 e. The molecule has 1 amide bonds. The van der Waals surface area contributed by atoms with Gasteiger partial charge in [-0.25, -0.2) is 8.78 Å². The van der Waals surface area contributed by atoms with Gasteiger partial charge in [0.2, 0.25) is 5.91 Å². The van der Waals surface area contributed by atoms with Gasteiger partial charge < -0.3 is 10.1 Å². The number of anilines is 1. The summed E-state index contributed by atoms with van der Waals surface area (Å²) in [4.78, 5) is 21.6. The first-order valence-corrected chi connectivity index (χ1v) is 6.00. The van der Waals surface area contributed by atoms with Crippen LogP contribution >= 0.6 is 0 Å². The average molecular weight is 291 g/mol. The van der Waals surface area contributed by atoms with Crippen molar-refractivity contribution in [3.8, 4) is 11.5 Å². The van der Waals surface area contributed by atoms with E-state index in [1.54, 1.807) is 12.1 Å². The SMILES string of the molecule is CC(=O)Nc1ccccc1Oc1c(F)cc(C=O)cc1F. The second kappa shape index (κ2) is 6.13. The molecule has 6 heteroatoms. The van der Waals surface area contributed by atoms with Gasteiger partial charge in [-0.05, 0) is 24.3 Å². The molecule has 0 aliphatic rings.